The number of nitrogens with zero attached hydrogens (tertiary/aromatic N) is 5. The lowest BCUT2D eigenvalue weighted by molar-refractivity contribution is 0.0689. The summed E-state index contributed by atoms with van der Waals surface area (Å²) in [7, 11) is 0. The van der Waals surface area contributed by atoms with Crippen molar-refractivity contribution in [1.29, 1.82) is 0 Å². The molecular formula is C27H36N6O2S. The molecule has 2 aliphatic rings. The predicted molar refractivity (Wildman–Crippen MR) is 145 cm³/mol. The van der Waals surface area contributed by atoms with Gasteiger partial charge < -0.3 is 20.2 Å². The Labute approximate surface area is 219 Å². The number of fused-ring (bicyclic) bond motifs is 3. The van der Waals surface area contributed by atoms with Crippen molar-refractivity contribution in [2.45, 2.75) is 19.4 Å². The quantitative estimate of drug-likeness (QED) is 0.455. The van der Waals surface area contributed by atoms with E-state index in [1.807, 2.05) is 18.2 Å². The number of thiocarbonyl (C=S) groups is 1. The largest absolute Gasteiger partial charge is 0.477 e. The molecule has 36 heavy (non-hydrogen) atoms. The number of hydrogen-bond acceptors (Lipinski definition) is 8. The van der Waals surface area contributed by atoms with E-state index in [1.54, 1.807) is 12.1 Å². The van der Waals surface area contributed by atoms with Gasteiger partial charge in [-0.1, -0.05) is 18.2 Å². The van der Waals surface area contributed by atoms with Gasteiger partial charge in [-0.05, 0) is 80.4 Å². The summed E-state index contributed by atoms with van der Waals surface area (Å²) in [6, 6.07) is 13.6. The van der Waals surface area contributed by atoms with E-state index in [4.69, 9.17) is 12.2 Å². The summed E-state index contributed by atoms with van der Waals surface area (Å²) < 4.78 is 0. The van der Waals surface area contributed by atoms with E-state index in [0.29, 0.717) is 12.5 Å². The van der Waals surface area contributed by atoms with Crippen molar-refractivity contribution in [3.63, 3.8) is 0 Å². The molecule has 2 bridgehead atoms. The smallest absolute Gasteiger partial charge is 0.354 e. The molecule has 3 unspecified atom stereocenters. The lowest BCUT2D eigenvalue weighted by atomic mass is 9.98. The first kappa shape index (κ1) is 26.5. The van der Waals surface area contributed by atoms with Gasteiger partial charge in [0.15, 0.2) is 0 Å². The van der Waals surface area contributed by atoms with E-state index in [9.17, 15) is 9.90 Å². The molecule has 0 saturated carbocycles. The number of pyridine rings is 1. The SMILES string of the molecule is O=C(O)c1cccc(CN2CCCN3CCNCC(Cc4ccc(N=C=S)cc4)CN(CC3)CC2)n1. The van der Waals surface area contributed by atoms with Crippen LogP contribution in [-0.2, 0) is 13.0 Å². The number of carboxylic acids is 1. The van der Waals surface area contributed by atoms with Crippen LogP contribution in [0.25, 0.3) is 0 Å². The molecule has 2 aromatic rings. The van der Waals surface area contributed by atoms with Crippen LogP contribution in [0.1, 0.15) is 28.2 Å². The van der Waals surface area contributed by atoms with Crippen LogP contribution in [0.15, 0.2) is 47.5 Å². The minimum absolute atomic E-state index is 0.112. The fourth-order valence-electron chi connectivity index (χ4n) is 5.10. The average Bonchev–Trinajstić information content (AvgIpc) is 2.88. The van der Waals surface area contributed by atoms with Crippen molar-refractivity contribution >= 4 is 29.0 Å². The Kier molecular flexibility index (Phi) is 10.1. The average molecular weight is 509 g/mol. The first-order valence-corrected chi connectivity index (χ1v) is 13.2. The molecule has 0 amide bonds. The van der Waals surface area contributed by atoms with Gasteiger partial charge in [-0.25, -0.2) is 9.78 Å². The Bertz CT molecular complexity index is 1040. The van der Waals surface area contributed by atoms with Crippen molar-refractivity contribution in [3.8, 4) is 0 Å². The summed E-state index contributed by atoms with van der Waals surface area (Å²) in [5.74, 6) is -0.462. The van der Waals surface area contributed by atoms with Crippen LogP contribution in [0.2, 0.25) is 0 Å². The first-order valence-electron chi connectivity index (χ1n) is 12.8. The third kappa shape index (κ3) is 8.27. The third-order valence-electron chi connectivity index (χ3n) is 7.01. The molecule has 1 aromatic carbocycles. The van der Waals surface area contributed by atoms with Gasteiger partial charge in [0.05, 0.1) is 16.5 Å². The van der Waals surface area contributed by atoms with Gasteiger partial charge in [0, 0.05) is 52.4 Å². The summed E-state index contributed by atoms with van der Waals surface area (Å²) in [6.45, 7) is 11.0. The standard InChI is InChI=1S/C27H36N6O2S/c34-27(35)26-4-1-3-25(30-26)20-32-11-2-10-31-12-9-28-18-23(19-33(14-13-31)16-15-32)17-22-5-7-24(8-6-22)29-21-36/h1,3-8,23,28H,2,9-20H2,(H,34,35). The molecular weight excluding hydrogens is 472 g/mol. The van der Waals surface area contributed by atoms with Crippen molar-refractivity contribution < 1.29 is 9.90 Å². The van der Waals surface area contributed by atoms with Crippen LogP contribution in [0.3, 0.4) is 0 Å². The number of isothiocyanates is 1. The maximum absolute atomic E-state index is 11.4. The van der Waals surface area contributed by atoms with Gasteiger partial charge in [-0.3, -0.25) is 4.90 Å². The van der Waals surface area contributed by atoms with Crippen LogP contribution in [0.5, 0.6) is 0 Å². The highest BCUT2D eigenvalue weighted by molar-refractivity contribution is 7.78. The van der Waals surface area contributed by atoms with Crippen molar-refractivity contribution in [2.75, 3.05) is 65.4 Å². The van der Waals surface area contributed by atoms with Gasteiger partial charge in [0.25, 0.3) is 0 Å². The second kappa shape index (κ2) is 13.7. The molecule has 4 rings (SSSR count). The molecule has 192 valence electrons. The van der Waals surface area contributed by atoms with Crippen molar-refractivity contribution in [2.24, 2.45) is 10.9 Å². The molecule has 2 N–H and O–H groups in total. The Hall–Kier alpha value is -2.52. The summed E-state index contributed by atoms with van der Waals surface area (Å²) in [5, 5.41) is 15.4. The molecule has 8 nitrogen and oxygen atoms in total. The topological polar surface area (TPSA) is 84.3 Å². The Morgan fingerprint density at radius 2 is 1.86 bits per heavy atom. The Morgan fingerprint density at radius 1 is 1.06 bits per heavy atom. The van der Waals surface area contributed by atoms with Gasteiger partial charge >= 0.3 is 5.97 Å². The van der Waals surface area contributed by atoms with Crippen molar-refractivity contribution in [3.05, 3.63) is 59.4 Å². The van der Waals surface area contributed by atoms with Crippen LogP contribution >= 0.6 is 12.2 Å². The normalized spacial score (nSPS) is 23.9. The highest BCUT2D eigenvalue weighted by atomic mass is 32.1. The van der Waals surface area contributed by atoms with Crippen LogP contribution in [-0.4, -0.2) is 101 Å². The predicted octanol–water partition coefficient (Wildman–Crippen LogP) is 2.79. The molecule has 0 spiro atoms. The number of carbonyl (C=O) groups is 1. The highest BCUT2D eigenvalue weighted by Gasteiger charge is 2.21. The zero-order valence-electron chi connectivity index (χ0n) is 20.8. The first-order chi connectivity index (χ1) is 17.6. The van der Waals surface area contributed by atoms with Gasteiger partial charge in [-0.2, -0.15) is 4.99 Å². The summed E-state index contributed by atoms with van der Waals surface area (Å²) >= 11 is 4.71. The number of nitrogens with one attached hydrogen (secondary N) is 1. The Balaban J connectivity index is 1.42. The van der Waals surface area contributed by atoms with Gasteiger partial charge in [0.1, 0.15) is 5.69 Å². The molecule has 0 radical (unpaired) electrons. The molecule has 3 heterocycles. The number of hydrogen-bond donors (Lipinski definition) is 2. The van der Waals surface area contributed by atoms with E-state index in [-0.39, 0.29) is 5.69 Å². The summed E-state index contributed by atoms with van der Waals surface area (Å²) in [4.78, 5) is 27.4. The van der Waals surface area contributed by atoms with Crippen molar-refractivity contribution in [1.82, 2.24) is 25.0 Å². The second-order valence-corrected chi connectivity index (χ2v) is 9.92. The number of benzene rings is 1. The molecule has 2 aliphatic heterocycles. The lowest BCUT2D eigenvalue weighted by Gasteiger charge is -2.36. The maximum atomic E-state index is 11.4. The minimum Gasteiger partial charge on any atom is -0.477 e. The van der Waals surface area contributed by atoms with E-state index in [0.717, 1.165) is 89.7 Å². The number of aromatic nitrogens is 1. The maximum Gasteiger partial charge on any atom is 0.354 e. The second-order valence-electron chi connectivity index (χ2n) is 9.74. The minimum atomic E-state index is -0.977. The lowest BCUT2D eigenvalue weighted by Crippen LogP contribution is -2.48. The number of aliphatic imine (C=N–C) groups is 1. The van der Waals surface area contributed by atoms with Crippen LogP contribution in [0, 0.1) is 5.92 Å². The summed E-state index contributed by atoms with van der Waals surface area (Å²) in [6.07, 6.45) is 2.12. The summed E-state index contributed by atoms with van der Waals surface area (Å²) in [5.41, 5.74) is 3.09. The molecule has 9 heteroatoms. The molecule has 0 aliphatic carbocycles. The molecule has 2 saturated heterocycles. The fraction of sp³-hybridized carbons (Fsp3) is 0.519. The zero-order valence-corrected chi connectivity index (χ0v) is 21.6. The van der Waals surface area contributed by atoms with E-state index < -0.39 is 5.97 Å². The zero-order chi connectivity index (χ0) is 25.2. The molecule has 1 aromatic heterocycles. The monoisotopic (exact) mass is 508 g/mol. The fourth-order valence-corrected chi connectivity index (χ4v) is 5.21. The number of aromatic carboxylic acids is 1. The van der Waals surface area contributed by atoms with Gasteiger partial charge in [0.2, 0.25) is 0 Å². The van der Waals surface area contributed by atoms with E-state index in [1.165, 1.54) is 5.56 Å². The Morgan fingerprint density at radius 3 is 2.67 bits per heavy atom. The van der Waals surface area contributed by atoms with Gasteiger partial charge in [-0.15, -0.1) is 0 Å². The van der Waals surface area contributed by atoms with E-state index >= 15 is 0 Å². The molecule has 3 atom stereocenters. The number of carboxylic acid groups (broad SMARTS) is 1. The number of rotatable bonds is 6. The van der Waals surface area contributed by atoms with Crippen LogP contribution < -0.4 is 5.32 Å². The third-order valence-corrected chi connectivity index (χ3v) is 7.11. The van der Waals surface area contributed by atoms with E-state index in [2.05, 4.69) is 47.3 Å². The highest BCUT2D eigenvalue weighted by Crippen LogP contribution is 2.17. The van der Waals surface area contributed by atoms with Crippen LogP contribution in [0.4, 0.5) is 5.69 Å². The molecule has 2 fully saturated rings.